The molecule has 2 aromatic carbocycles. The van der Waals surface area contributed by atoms with Crippen LogP contribution in [-0.4, -0.2) is 38.9 Å². The Morgan fingerprint density at radius 1 is 1.03 bits per heavy atom. The average molecular weight is 529 g/mol. The van der Waals surface area contributed by atoms with Gasteiger partial charge < -0.3 is 15.2 Å². The molecule has 2 heterocycles. The van der Waals surface area contributed by atoms with Crippen molar-refractivity contribution < 1.29 is 0 Å². The molecule has 0 bridgehead atoms. The topological polar surface area (TPSA) is 72.1 Å². The van der Waals surface area contributed by atoms with Crippen LogP contribution in [0.25, 0.3) is 16.7 Å². The zero-order valence-electron chi connectivity index (χ0n) is 17.8. The Labute approximate surface area is 199 Å². The number of aliphatic imine (C=N–C) groups is 1. The summed E-state index contributed by atoms with van der Waals surface area (Å²) in [5, 5.41) is 11.0. The SMILES string of the molecule is CN=C(NCCCn1c(C)nc2ccccc21)NCc1ccc(-n2cccn2)cc1.I. The number of fused-ring (bicyclic) bond motifs is 1. The van der Waals surface area contributed by atoms with E-state index >= 15 is 0 Å². The fourth-order valence-electron chi connectivity index (χ4n) is 3.52. The first-order valence-corrected chi connectivity index (χ1v) is 10.2. The van der Waals surface area contributed by atoms with E-state index < -0.39 is 0 Å². The first-order chi connectivity index (χ1) is 14.7. The van der Waals surface area contributed by atoms with E-state index in [1.54, 1.807) is 13.2 Å². The number of nitrogens with one attached hydrogen (secondary N) is 2. The van der Waals surface area contributed by atoms with Gasteiger partial charge in [0.15, 0.2) is 5.96 Å². The fraction of sp³-hybridized carbons (Fsp3) is 0.261. The second-order valence-corrected chi connectivity index (χ2v) is 7.12. The van der Waals surface area contributed by atoms with E-state index in [1.165, 1.54) is 11.1 Å². The van der Waals surface area contributed by atoms with Crippen molar-refractivity contribution in [3.05, 3.63) is 78.4 Å². The average Bonchev–Trinajstić information content (AvgIpc) is 3.42. The van der Waals surface area contributed by atoms with E-state index in [0.717, 1.165) is 42.5 Å². The molecule has 31 heavy (non-hydrogen) atoms. The van der Waals surface area contributed by atoms with Gasteiger partial charge in [-0.05, 0) is 49.2 Å². The van der Waals surface area contributed by atoms with E-state index in [4.69, 9.17) is 0 Å². The summed E-state index contributed by atoms with van der Waals surface area (Å²) in [5.41, 5.74) is 4.48. The van der Waals surface area contributed by atoms with Crippen LogP contribution in [0.5, 0.6) is 0 Å². The van der Waals surface area contributed by atoms with Crippen LogP contribution in [0.3, 0.4) is 0 Å². The lowest BCUT2D eigenvalue weighted by molar-refractivity contribution is 0.624. The number of guanidine groups is 1. The number of aromatic nitrogens is 4. The number of rotatable bonds is 7. The maximum absolute atomic E-state index is 4.63. The Morgan fingerprint density at radius 2 is 1.84 bits per heavy atom. The van der Waals surface area contributed by atoms with Gasteiger partial charge in [-0.2, -0.15) is 5.10 Å². The highest BCUT2D eigenvalue weighted by molar-refractivity contribution is 14.0. The van der Waals surface area contributed by atoms with Gasteiger partial charge in [0.2, 0.25) is 0 Å². The molecule has 0 amide bonds. The second kappa shape index (κ2) is 10.9. The fourth-order valence-corrected chi connectivity index (χ4v) is 3.52. The molecule has 0 unspecified atom stereocenters. The number of hydrogen-bond donors (Lipinski definition) is 2. The van der Waals surface area contributed by atoms with Gasteiger partial charge in [-0.15, -0.1) is 24.0 Å². The van der Waals surface area contributed by atoms with Crippen LogP contribution in [0.4, 0.5) is 0 Å². The van der Waals surface area contributed by atoms with Gasteiger partial charge in [0, 0.05) is 39.1 Å². The maximum Gasteiger partial charge on any atom is 0.191 e. The van der Waals surface area contributed by atoms with Gasteiger partial charge in [-0.3, -0.25) is 4.99 Å². The normalized spacial score (nSPS) is 11.4. The molecule has 0 saturated carbocycles. The lowest BCUT2D eigenvalue weighted by atomic mass is 10.2. The lowest BCUT2D eigenvalue weighted by Crippen LogP contribution is -2.37. The van der Waals surface area contributed by atoms with Crippen molar-refractivity contribution in [3.63, 3.8) is 0 Å². The molecule has 2 N–H and O–H groups in total. The van der Waals surface area contributed by atoms with Crippen LogP contribution in [0.15, 0.2) is 72.0 Å². The number of imidazole rings is 1. The predicted molar refractivity (Wildman–Crippen MR) is 136 cm³/mol. The molecular weight excluding hydrogens is 501 g/mol. The van der Waals surface area contributed by atoms with Crippen LogP contribution in [0.2, 0.25) is 0 Å². The zero-order chi connectivity index (χ0) is 20.8. The van der Waals surface area contributed by atoms with Crippen molar-refractivity contribution in [1.29, 1.82) is 0 Å². The van der Waals surface area contributed by atoms with Crippen LogP contribution >= 0.6 is 24.0 Å². The Bertz CT molecular complexity index is 1110. The zero-order valence-corrected chi connectivity index (χ0v) is 20.2. The van der Waals surface area contributed by atoms with Crippen LogP contribution in [0, 0.1) is 6.92 Å². The van der Waals surface area contributed by atoms with E-state index in [0.29, 0.717) is 6.54 Å². The summed E-state index contributed by atoms with van der Waals surface area (Å²) in [6, 6.07) is 18.5. The van der Waals surface area contributed by atoms with E-state index in [1.807, 2.05) is 23.0 Å². The molecule has 0 aliphatic carbocycles. The molecular formula is C23H28IN7. The number of nitrogens with zero attached hydrogens (tertiary/aromatic N) is 5. The number of aryl methyl sites for hydroxylation is 2. The summed E-state index contributed by atoms with van der Waals surface area (Å²) < 4.78 is 4.12. The number of halogens is 1. The largest absolute Gasteiger partial charge is 0.356 e. The highest BCUT2D eigenvalue weighted by atomic mass is 127. The summed E-state index contributed by atoms with van der Waals surface area (Å²) in [7, 11) is 1.80. The molecule has 0 fully saturated rings. The van der Waals surface area contributed by atoms with Gasteiger partial charge in [0.1, 0.15) is 5.82 Å². The van der Waals surface area contributed by atoms with Crippen molar-refractivity contribution in [1.82, 2.24) is 30.0 Å². The Morgan fingerprint density at radius 3 is 2.58 bits per heavy atom. The summed E-state index contributed by atoms with van der Waals surface area (Å²) in [5.74, 6) is 1.86. The van der Waals surface area contributed by atoms with Crippen molar-refractivity contribution in [3.8, 4) is 5.69 Å². The predicted octanol–water partition coefficient (Wildman–Crippen LogP) is 3.90. The number of benzene rings is 2. The molecule has 2 aromatic heterocycles. The lowest BCUT2D eigenvalue weighted by Gasteiger charge is -2.13. The maximum atomic E-state index is 4.63. The molecule has 0 spiro atoms. The number of hydrogen-bond acceptors (Lipinski definition) is 3. The minimum atomic E-state index is 0. The second-order valence-electron chi connectivity index (χ2n) is 7.12. The van der Waals surface area contributed by atoms with Gasteiger partial charge in [0.05, 0.1) is 16.7 Å². The Balaban J connectivity index is 0.00000272. The molecule has 7 nitrogen and oxygen atoms in total. The highest BCUT2D eigenvalue weighted by Crippen LogP contribution is 2.15. The van der Waals surface area contributed by atoms with Crippen molar-refractivity contribution >= 4 is 41.0 Å². The first-order valence-electron chi connectivity index (χ1n) is 10.2. The van der Waals surface area contributed by atoms with Crippen molar-refractivity contribution in [2.24, 2.45) is 4.99 Å². The quantitative estimate of drug-likeness (QED) is 0.165. The summed E-state index contributed by atoms with van der Waals surface area (Å²) in [4.78, 5) is 8.95. The minimum Gasteiger partial charge on any atom is -0.356 e. The molecule has 162 valence electrons. The summed E-state index contributed by atoms with van der Waals surface area (Å²) in [6.07, 6.45) is 4.70. The third-order valence-electron chi connectivity index (χ3n) is 5.09. The molecule has 0 aliphatic rings. The van der Waals surface area contributed by atoms with Crippen LogP contribution in [-0.2, 0) is 13.1 Å². The first kappa shape index (κ1) is 22.8. The van der Waals surface area contributed by atoms with E-state index in [2.05, 4.69) is 79.7 Å². The number of para-hydroxylation sites is 2. The smallest absolute Gasteiger partial charge is 0.191 e. The van der Waals surface area contributed by atoms with Gasteiger partial charge in [-0.25, -0.2) is 9.67 Å². The Hall–Kier alpha value is -2.88. The van der Waals surface area contributed by atoms with Crippen molar-refractivity contribution in [2.45, 2.75) is 26.4 Å². The van der Waals surface area contributed by atoms with Crippen LogP contribution < -0.4 is 10.6 Å². The van der Waals surface area contributed by atoms with Gasteiger partial charge in [-0.1, -0.05) is 24.3 Å². The standard InChI is InChI=1S/C23H27N7.HI/c1-18-28-21-7-3-4-8-22(21)29(18)15-5-13-25-23(24-2)26-17-19-9-11-20(12-10-19)30-16-6-14-27-30;/h3-4,6-12,14,16H,5,13,15,17H2,1-2H3,(H2,24,25,26);1H. The molecule has 8 heteroatoms. The van der Waals surface area contributed by atoms with Gasteiger partial charge in [0.25, 0.3) is 0 Å². The van der Waals surface area contributed by atoms with E-state index in [9.17, 15) is 0 Å². The third kappa shape index (κ3) is 5.63. The van der Waals surface area contributed by atoms with E-state index in [-0.39, 0.29) is 24.0 Å². The molecule has 0 saturated heterocycles. The van der Waals surface area contributed by atoms with Gasteiger partial charge >= 0.3 is 0 Å². The minimum absolute atomic E-state index is 0. The van der Waals surface area contributed by atoms with Crippen molar-refractivity contribution in [2.75, 3.05) is 13.6 Å². The molecule has 4 rings (SSSR count). The molecule has 4 aromatic rings. The molecule has 0 radical (unpaired) electrons. The molecule has 0 aliphatic heterocycles. The van der Waals surface area contributed by atoms with Crippen LogP contribution in [0.1, 0.15) is 17.8 Å². The molecule has 0 atom stereocenters. The summed E-state index contributed by atoms with van der Waals surface area (Å²) >= 11 is 0. The highest BCUT2D eigenvalue weighted by Gasteiger charge is 2.06. The summed E-state index contributed by atoms with van der Waals surface area (Å²) in [6.45, 7) is 4.53. The Kier molecular flexibility index (Phi) is 8.05. The monoisotopic (exact) mass is 529 g/mol. The third-order valence-corrected chi connectivity index (χ3v) is 5.09.